The molecular formula is C67H59F3N8O8. The number of benzene rings is 8. The Kier molecular flexibility index (Phi) is 18.9. The first-order valence-corrected chi connectivity index (χ1v) is 27.1. The third-order valence-corrected chi connectivity index (χ3v) is 14.0. The number of halogens is 3. The first kappa shape index (κ1) is 59.9. The summed E-state index contributed by atoms with van der Waals surface area (Å²) >= 11 is 0. The minimum absolute atomic E-state index is 0.0192. The van der Waals surface area contributed by atoms with Crippen LogP contribution in [-0.2, 0) is 57.8 Å². The van der Waals surface area contributed by atoms with Gasteiger partial charge in [-0.15, -0.1) is 0 Å². The molecule has 0 fully saturated rings. The third kappa shape index (κ3) is 13.2. The van der Waals surface area contributed by atoms with Crippen LogP contribution in [0.1, 0.15) is 24.1 Å². The first-order chi connectivity index (χ1) is 41.6. The SMILES string of the molecule is COC(=O)C(C)n1nc(-c2ccccc2)c2ccccc21.COC(=O)Cn1nc(-c2cc(F)ccc2C)c2ccccc21.COC(=O)Cn1nc(-c2cccc(F)c2F)c2ccccc21.COC(=O)Cn1nc(-c2ccccc2)c2cc(C)ccc21. The fraction of sp³-hybridized carbons (Fsp3) is 0.164. The molecule has 8 aromatic carbocycles. The molecule has 0 amide bonds. The summed E-state index contributed by atoms with van der Waals surface area (Å²) in [6, 6.07) is 56.6. The maximum absolute atomic E-state index is 14.0. The molecule has 0 saturated heterocycles. The summed E-state index contributed by atoms with van der Waals surface area (Å²) in [6.07, 6.45) is 0. The molecule has 19 heteroatoms. The molecule has 0 aliphatic heterocycles. The normalized spacial score (nSPS) is 11.2. The van der Waals surface area contributed by atoms with E-state index in [1.54, 1.807) is 51.3 Å². The molecule has 1 unspecified atom stereocenters. The number of hydrogen-bond acceptors (Lipinski definition) is 12. The highest BCUT2D eigenvalue weighted by atomic mass is 19.2. The van der Waals surface area contributed by atoms with Crippen molar-refractivity contribution in [1.82, 2.24) is 39.1 Å². The van der Waals surface area contributed by atoms with Crippen LogP contribution >= 0.6 is 0 Å². The number of nitrogens with zero attached hydrogens (tertiary/aromatic N) is 8. The van der Waals surface area contributed by atoms with E-state index in [2.05, 4.69) is 31.2 Å². The Hall–Kier alpha value is -10.7. The van der Waals surface area contributed by atoms with Gasteiger partial charge in [-0.2, -0.15) is 20.4 Å². The lowest BCUT2D eigenvalue weighted by molar-refractivity contribution is -0.144. The third-order valence-electron chi connectivity index (χ3n) is 14.0. The highest BCUT2D eigenvalue weighted by Crippen LogP contribution is 2.34. The number of rotatable bonds is 12. The van der Waals surface area contributed by atoms with Crippen molar-refractivity contribution in [2.75, 3.05) is 28.4 Å². The minimum Gasteiger partial charge on any atom is -0.468 e. The predicted octanol–water partition coefficient (Wildman–Crippen LogP) is 13.1. The van der Waals surface area contributed by atoms with Gasteiger partial charge in [0.1, 0.15) is 54.3 Å². The Morgan fingerprint density at radius 3 is 1.38 bits per heavy atom. The zero-order valence-electron chi connectivity index (χ0n) is 48.1. The molecule has 0 N–H and O–H groups in total. The van der Waals surface area contributed by atoms with Gasteiger partial charge in [-0.3, -0.25) is 33.1 Å². The summed E-state index contributed by atoms with van der Waals surface area (Å²) in [7, 11) is 5.39. The number of fused-ring (bicyclic) bond motifs is 4. The number of aryl methyl sites for hydroxylation is 2. The van der Waals surface area contributed by atoms with Gasteiger partial charge >= 0.3 is 23.9 Å². The molecule has 0 saturated carbocycles. The molecule has 0 aliphatic rings. The van der Waals surface area contributed by atoms with Gasteiger partial charge in [0.15, 0.2) is 11.6 Å². The zero-order valence-corrected chi connectivity index (χ0v) is 48.1. The largest absolute Gasteiger partial charge is 0.468 e. The van der Waals surface area contributed by atoms with Crippen LogP contribution in [0.4, 0.5) is 13.2 Å². The highest BCUT2D eigenvalue weighted by Gasteiger charge is 2.23. The lowest BCUT2D eigenvalue weighted by Crippen LogP contribution is -2.18. The van der Waals surface area contributed by atoms with Crippen molar-refractivity contribution in [3.8, 4) is 45.0 Å². The van der Waals surface area contributed by atoms with Crippen molar-refractivity contribution >= 4 is 67.5 Å². The quantitative estimate of drug-likeness (QED) is 0.0837. The number of methoxy groups -OCH3 is 4. The molecule has 4 heterocycles. The van der Waals surface area contributed by atoms with Crippen LogP contribution in [0.3, 0.4) is 0 Å². The van der Waals surface area contributed by atoms with Crippen LogP contribution in [0, 0.1) is 31.3 Å². The second-order valence-electron chi connectivity index (χ2n) is 19.6. The van der Waals surface area contributed by atoms with Crippen molar-refractivity contribution in [3.05, 3.63) is 217 Å². The molecule has 0 aliphatic carbocycles. The summed E-state index contributed by atoms with van der Waals surface area (Å²) in [5, 5.41) is 21.6. The van der Waals surface area contributed by atoms with Crippen LogP contribution in [0.15, 0.2) is 188 Å². The van der Waals surface area contributed by atoms with Gasteiger partial charge in [-0.1, -0.05) is 139 Å². The van der Waals surface area contributed by atoms with Gasteiger partial charge in [0.05, 0.1) is 50.5 Å². The standard InChI is InChI=1S/C17H15FN2O2.2C17H16N2O2.C16H12F2N2O2/c1-11-7-8-12(18)9-14(11)17-13-5-3-4-6-15(13)20(19-17)10-16(21)22-2;1-12(17(20)21-2)19-15-11-7-6-10-14(15)16(18-19)13-8-4-3-5-9-13;1-12-8-9-15-14(10-12)17(13-6-4-3-5-7-13)18-19(15)11-16(20)21-2;1-22-14(21)9-20-13-8-3-2-5-10(13)16(19-20)11-6-4-7-12(17)15(11)18/h3-9H,10H2,1-2H3;3-12H,1-2H3;3-10H,11H2,1-2H3;2-8H,9H2,1H3. The van der Waals surface area contributed by atoms with Gasteiger partial charge in [0.2, 0.25) is 0 Å². The number of carbonyl (C=O) groups is 4. The highest BCUT2D eigenvalue weighted by molar-refractivity contribution is 5.97. The Bertz CT molecular complexity index is 4310. The van der Waals surface area contributed by atoms with Crippen molar-refractivity contribution < 1.29 is 51.3 Å². The topological polar surface area (TPSA) is 176 Å². The lowest BCUT2D eigenvalue weighted by Gasteiger charge is -2.10. The Morgan fingerprint density at radius 2 is 0.872 bits per heavy atom. The maximum atomic E-state index is 14.0. The van der Waals surface area contributed by atoms with Crippen molar-refractivity contribution in [2.24, 2.45) is 0 Å². The molecule has 86 heavy (non-hydrogen) atoms. The van der Waals surface area contributed by atoms with E-state index in [1.807, 2.05) is 135 Å². The average Bonchev–Trinajstić information content (AvgIpc) is 3.94. The minimum atomic E-state index is -0.962. The summed E-state index contributed by atoms with van der Waals surface area (Å²) in [6.45, 7) is 5.77. The second-order valence-corrected chi connectivity index (χ2v) is 19.6. The monoisotopic (exact) mass is 1160 g/mol. The molecule has 436 valence electrons. The summed E-state index contributed by atoms with van der Waals surface area (Å²) in [4.78, 5) is 46.4. The van der Waals surface area contributed by atoms with E-state index in [-0.39, 0.29) is 54.6 Å². The average molecular weight is 1160 g/mol. The van der Waals surface area contributed by atoms with E-state index < -0.39 is 23.6 Å². The van der Waals surface area contributed by atoms with E-state index in [4.69, 9.17) is 14.2 Å². The molecule has 0 radical (unpaired) electrons. The van der Waals surface area contributed by atoms with Crippen molar-refractivity contribution in [3.63, 3.8) is 0 Å². The molecule has 12 aromatic rings. The van der Waals surface area contributed by atoms with Crippen LogP contribution in [-0.4, -0.2) is 91.4 Å². The van der Waals surface area contributed by atoms with Crippen LogP contribution in [0.2, 0.25) is 0 Å². The number of ether oxygens (including phenoxy) is 4. The van der Waals surface area contributed by atoms with Crippen LogP contribution in [0.5, 0.6) is 0 Å². The number of esters is 4. The van der Waals surface area contributed by atoms with Crippen LogP contribution in [0.25, 0.3) is 88.6 Å². The molecule has 4 aromatic heterocycles. The van der Waals surface area contributed by atoms with Crippen molar-refractivity contribution in [1.29, 1.82) is 0 Å². The maximum Gasteiger partial charge on any atom is 0.330 e. The predicted molar refractivity (Wildman–Crippen MR) is 323 cm³/mol. The van der Waals surface area contributed by atoms with E-state index in [1.165, 1.54) is 57.4 Å². The second kappa shape index (κ2) is 27.1. The summed E-state index contributed by atoms with van der Waals surface area (Å²) in [5.41, 5.74) is 11.0. The zero-order chi connectivity index (χ0) is 61.0. The van der Waals surface area contributed by atoms with Gasteiger partial charge < -0.3 is 18.9 Å². The molecule has 0 bridgehead atoms. The lowest BCUT2D eigenvalue weighted by atomic mass is 10.0. The van der Waals surface area contributed by atoms with Gasteiger partial charge in [0.25, 0.3) is 0 Å². The molecule has 16 nitrogen and oxygen atoms in total. The van der Waals surface area contributed by atoms with E-state index in [0.29, 0.717) is 16.6 Å². The number of hydrogen-bond donors (Lipinski definition) is 0. The van der Waals surface area contributed by atoms with Gasteiger partial charge in [-0.25, -0.2) is 18.0 Å². The van der Waals surface area contributed by atoms with Crippen molar-refractivity contribution in [2.45, 2.75) is 46.4 Å². The molecule has 0 spiro atoms. The summed E-state index contributed by atoms with van der Waals surface area (Å²) < 4.78 is 66.4. The molecule has 12 rings (SSSR count). The van der Waals surface area contributed by atoms with Gasteiger partial charge in [0, 0.05) is 43.8 Å². The smallest absolute Gasteiger partial charge is 0.330 e. The van der Waals surface area contributed by atoms with Crippen LogP contribution < -0.4 is 0 Å². The summed E-state index contributed by atoms with van der Waals surface area (Å²) in [5.74, 6) is -3.68. The molecule has 1 atom stereocenters. The van der Waals surface area contributed by atoms with E-state index >= 15 is 0 Å². The van der Waals surface area contributed by atoms with E-state index in [9.17, 15) is 32.3 Å². The fourth-order valence-electron chi connectivity index (χ4n) is 9.68. The Labute approximate surface area is 492 Å². The molecular weight excluding hydrogens is 1100 g/mol. The number of para-hydroxylation sites is 3. The number of aromatic nitrogens is 8. The van der Waals surface area contributed by atoms with Gasteiger partial charge in [-0.05, 0) is 80.9 Å². The number of carbonyl (C=O) groups excluding carboxylic acids is 4. The van der Waals surface area contributed by atoms with E-state index in [0.717, 1.165) is 78.0 Å². The fourth-order valence-corrected chi connectivity index (χ4v) is 9.68. The Morgan fingerprint density at radius 1 is 0.430 bits per heavy atom. The Balaban J connectivity index is 0.000000137. The first-order valence-electron chi connectivity index (χ1n) is 27.1.